The van der Waals surface area contributed by atoms with Crippen LogP contribution >= 0.6 is 0 Å². The summed E-state index contributed by atoms with van der Waals surface area (Å²) in [7, 11) is 0. The van der Waals surface area contributed by atoms with E-state index in [0.29, 0.717) is 6.42 Å². The van der Waals surface area contributed by atoms with E-state index in [4.69, 9.17) is 0 Å². The van der Waals surface area contributed by atoms with Gasteiger partial charge in [0.25, 0.3) is 0 Å². The first-order chi connectivity index (χ1) is 8.24. The third-order valence-electron chi connectivity index (χ3n) is 3.22. The molecule has 1 saturated heterocycles. The van der Waals surface area contributed by atoms with Gasteiger partial charge in [-0.3, -0.25) is 4.79 Å². The highest BCUT2D eigenvalue weighted by atomic mass is 16.2. The third-order valence-corrected chi connectivity index (χ3v) is 3.22. The summed E-state index contributed by atoms with van der Waals surface area (Å²) in [5.74, 6) is 0.288. The summed E-state index contributed by atoms with van der Waals surface area (Å²) >= 11 is 0. The van der Waals surface area contributed by atoms with Crippen LogP contribution in [0.5, 0.6) is 0 Å². The Bertz CT molecular complexity index is 328. The van der Waals surface area contributed by atoms with Crippen LogP contribution in [-0.4, -0.2) is 23.4 Å². The topological polar surface area (TPSA) is 20.3 Å². The second-order valence-electron chi connectivity index (χ2n) is 4.36. The number of carbonyl (C=O) groups is 1. The average Bonchev–Trinajstić information content (AvgIpc) is 2.36. The van der Waals surface area contributed by atoms with E-state index in [9.17, 15) is 4.79 Å². The summed E-state index contributed by atoms with van der Waals surface area (Å²) in [6, 6.07) is 0.191. The fourth-order valence-electron chi connectivity index (χ4n) is 2.31. The van der Waals surface area contributed by atoms with Gasteiger partial charge in [-0.1, -0.05) is 37.8 Å². The summed E-state index contributed by atoms with van der Waals surface area (Å²) in [6.07, 6.45) is 11.7. The molecule has 1 unspecified atom stereocenters. The van der Waals surface area contributed by atoms with Gasteiger partial charge in [0.15, 0.2) is 0 Å². The van der Waals surface area contributed by atoms with Crippen molar-refractivity contribution in [2.75, 3.05) is 6.54 Å². The zero-order valence-corrected chi connectivity index (χ0v) is 11.0. The molecule has 1 aliphatic heterocycles. The Balaban J connectivity index is 2.87. The van der Waals surface area contributed by atoms with Crippen LogP contribution in [0.1, 0.15) is 39.5 Å². The van der Waals surface area contributed by atoms with E-state index in [2.05, 4.69) is 19.6 Å². The van der Waals surface area contributed by atoms with Crippen LogP contribution in [0.4, 0.5) is 0 Å². The molecule has 1 rings (SSSR count). The van der Waals surface area contributed by atoms with Crippen LogP contribution in [-0.2, 0) is 4.79 Å². The molecule has 1 atom stereocenters. The lowest BCUT2D eigenvalue weighted by Crippen LogP contribution is -2.43. The van der Waals surface area contributed by atoms with Crippen LogP contribution < -0.4 is 0 Å². The van der Waals surface area contributed by atoms with Gasteiger partial charge in [0.2, 0.25) is 5.91 Å². The maximum absolute atomic E-state index is 11.9. The molecule has 0 aromatic rings. The van der Waals surface area contributed by atoms with Crippen LogP contribution in [0.2, 0.25) is 0 Å². The van der Waals surface area contributed by atoms with Crippen molar-refractivity contribution in [2.45, 2.75) is 45.6 Å². The SMILES string of the molecule is C=C/C(=C\C=C/C)C(CC)N1CCCCC1=O. The number of hydrogen-bond donors (Lipinski definition) is 0. The van der Waals surface area contributed by atoms with Crippen molar-refractivity contribution in [3.05, 3.63) is 36.5 Å². The fourth-order valence-corrected chi connectivity index (χ4v) is 2.31. The molecule has 0 bridgehead atoms. The molecule has 2 nitrogen and oxygen atoms in total. The van der Waals surface area contributed by atoms with Gasteiger partial charge in [-0.2, -0.15) is 0 Å². The number of allylic oxidation sites excluding steroid dienone is 3. The first-order valence-electron chi connectivity index (χ1n) is 6.49. The summed E-state index contributed by atoms with van der Waals surface area (Å²) < 4.78 is 0. The molecular formula is C15H23NO. The van der Waals surface area contributed by atoms with Gasteiger partial charge < -0.3 is 4.90 Å². The van der Waals surface area contributed by atoms with Gasteiger partial charge in [-0.25, -0.2) is 0 Å². The van der Waals surface area contributed by atoms with Crippen molar-refractivity contribution in [1.29, 1.82) is 0 Å². The van der Waals surface area contributed by atoms with Gasteiger partial charge >= 0.3 is 0 Å². The molecule has 0 saturated carbocycles. The molecule has 0 radical (unpaired) electrons. The lowest BCUT2D eigenvalue weighted by molar-refractivity contribution is -0.135. The number of likely N-dealkylation sites (tertiary alicyclic amines) is 1. The Morgan fingerprint density at radius 3 is 2.82 bits per heavy atom. The number of amides is 1. The lowest BCUT2D eigenvalue weighted by Gasteiger charge is -2.35. The molecule has 0 spiro atoms. The second-order valence-corrected chi connectivity index (χ2v) is 4.36. The maximum Gasteiger partial charge on any atom is 0.223 e. The largest absolute Gasteiger partial charge is 0.336 e. The van der Waals surface area contributed by atoms with Crippen LogP contribution in [0, 0.1) is 0 Å². The summed E-state index contributed by atoms with van der Waals surface area (Å²) in [4.78, 5) is 13.9. The van der Waals surface area contributed by atoms with Crippen molar-refractivity contribution in [2.24, 2.45) is 0 Å². The Hall–Kier alpha value is -1.31. The summed E-state index contributed by atoms with van der Waals surface area (Å²) in [5, 5.41) is 0. The monoisotopic (exact) mass is 233 g/mol. The van der Waals surface area contributed by atoms with Crippen molar-refractivity contribution < 1.29 is 4.79 Å². The van der Waals surface area contributed by atoms with E-state index in [1.54, 1.807) is 0 Å². The van der Waals surface area contributed by atoms with Crippen molar-refractivity contribution in [3.63, 3.8) is 0 Å². The number of nitrogens with zero attached hydrogens (tertiary/aromatic N) is 1. The van der Waals surface area contributed by atoms with Gasteiger partial charge in [0, 0.05) is 13.0 Å². The first kappa shape index (κ1) is 13.8. The second kappa shape index (κ2) is 7.10. The molecule has 94 valence electrons. The van der Waals surface area contributed by atoms with E-state index < -0.39 is 0 Å². The fraction of sp³-hybridized carbons (Fsp3) is 0.533. The summed E-state index contributed by atoms with van der Waals surface area (Å²) in [6.45, 7) is 8.86. The molecule has 1 aliphatic rings. The Kier molecular flexibility index (Phi) is 5.75. The number of carbonyl (C=O) groups excluding carboxylic acids is 1. The minimum Gasteiger partial charge on any atom is -0.336 e. The van der Waals surface area contributed by atoms with Crippen molar-refractivity contribution >= 4 is 5.91 Å². The van der Waals surface area contributed by atoms with Crippen LogP contribution in [0.3, 0.4) is 0 Å². The molecule has 0 aromatic heterocycles. The first-order valence-corrected chi connectivity index (χ1v) is 6.49. The van der Waals surface area contributed by atoms with Gasteiger partial charge in [-0.15, -0.1) is 0 Å². The lowest BCUT2D eigenvalue weighted by atomic mass is 9.98. The smallest absolute Gasteiger partial charge is 0.223 e. The highest BCUT2D eigenvalue weighted by Gasteiger charge is 2.26. The van der Waals surface area contributed by atoms with E-state index in [1.807, 2.05) is 30.1 Å². The molecule has 0 aromatic carbocycles. The number of rotatable bonds is 5. The van der Waals surface area contributed by atoms with E-state index in [0.717, 1.165) is 31.4 Å². The third kappa shape index (κ3) is 3.58. The van der Waals surface area contributed by atoms with E-state index in [-0.39, 0.29) is 11.9 Å². The van der Waals surface area contributed by atoms with E-state index >= 15 is 0 Å². The van der Waals surface area contributed by atoms with Crippen molar-refractivity contribution in [1.82, 2.24) is 4.90 Å². The molecule has 0 N–H and O–H groups in total. The van der Waals surface area contributed by atoms with Gasteiger partial charge in [0.1, 0.15) is 0 Å². The Labute approximate surface area is 105 Å². The zero-order chi connectivity index (χ0) is 12.7. The van der Waals surface area contributed by atoms with Gasteiger partial charge in [0.05, 0.1) is 6.04 Å². The normalized spacial score (nSPS) is 19.8. The quantitative estimate of drug-likeness (QED) is 0.666. The van der Waals surface area contributed by atoms with Crippen molar-refractivity contribution in [3.8, 4) is 0 Å². The molecule has 2 heteroatoms. The maximum atomic E-state index is 11.9. The highest BCUT2D eigenvalue weighted by Crippen LogP contribution is 2.21. The van der Waals surface area contributed by atoms with E-state index in [1.165, 1.54) is 0 Å². The zero-order valence-electron chi connectivity index (χ0n) is 11.0. The number of hydrogen-bond acceptors (Lipinski definition) is 1. The van der Waals surface area contributed by atoms with Crippen LogP contribution in [0.25, 0.3) is 0 Å². The number of piperidine rings is 1. The molecular weight excluding hydrogens is 210 g/mol. The predicted molar refractivity (Wildman–Crippen MR) is 72.7 cm³/mol. The molecule has 1 heterocycles. The molecule has 1 amide bonds. The van der Waals surface area contributed by atoms with Gasteiger partial charge in [-0.05, 0) is 31.8 Å². The molecule has 17 heavy (non-hydrogen) atoms. The standard InChI is InChI=1S/C15H23NO/c1-4-7-10-13(5-2)14(6-3)16-12-9-8-11-15(16)17/h4-5,7,10,14H,2,6,8-9,11-12H2,1,3H3/b7-4-,13-10+. The Morgan fingerprint density at radius 2 is 2.29 bits per heavy atom. The van der Waals surface area contributed by atoms with Crippen LogP contribution in [0.15, 0.2) is 36.5 Å². The highest BCUT2D eigenvalue weighted by molar-refractivity contribution is 5.77. The minimum absolute atomic E-state index is 0.191. The molecule has 0 aliphatic carbocycles. The predicted octanol–water partition coefficient (Wildman–Crippen LogP) is 3.47. The molecule has 1 fully saturated rings. The average molecular weight is 233 g/mol. The Morgan fingerprint density at radius 1 is 1.53 bits per heavy atom. The minimum atomic E-state index is 0.191. The summed E-state index contributed by atoms with van der Waals surface area (Å²) in [5.41, 5.74) is 1.14.